The van der Waals surface area contributed by atoms with Crippen LogP contribution in [0.25, 0.3) is 11.0 Å². The molecule has 0 aliphatic heterocycles. The molecule has 136 valence electrons. The molecule has 0 N–H and O–H groups in total. The molecule has 0 amide bonds. The number of esters is 1. The third-order valence-corrected chi connectivity index (χ3v) is 4.56. The summed E-state index contributed by atoms with van der Waals surface area (Å²) >= 11 is 1.28. The molecule has 2 heterocycles. The number of aromatic nitrogens is 4. The summed E-state index contributed by atoms with van der Waals surface area (Å²) in [6, 6.07) is 0. The summed E-state index contributed by atoms with van der Waals surface area (Å²) in [4.78, 5) is 45.1. The largest absolute Gasteiger partial charge is 0.469 e. The van der Waals surface area contributed by atoms with Gasteiger partial charge in [-0.15, -0.1) is 11.8 Å². The molecule has 8 nitrogen and oxygen atoms in total. The van der Waals surface area contributed by atoms with E-state index in [-0.39, 0.29) is 18.3 Å². The highest BCUT2D eigenvalue weighted by atomic mass is 32.2. The number of aryl methyl sites for hydroxylation is 1. The summed E-state index contributed by atoms with van der Waals surface area (Å²) in [6.45, 7) is 6.14. The van der Waals surface area contributed by atoms with Crippen molar-refractivity contribution in [3.63, 3.8) is 0 Å². The van der Waals surface area contributed by atoms with E-state index in [4.69, 9.17) is 0 Å². The Balaban J connectivity index is 2.64. The van der Waals surface area contributed by atoms with Crippen LogP contribution in [0.3, 0.4) is 0 Å². The fourth-order valence-corrected chi connectivity index (χ4v) is 3.39. The number of thioether (sulfide) groups is 1. The van der Waals surface area contributed by atoms with Crippen LogP contribution in [0, 0.1) is 12.8 Å². The van der Waals surface area contributed by atoms with Crippen LogP contribution in [0.4, 0.5) is 0 Å². The number of rotatable bonds is 6. The Hall–Kier alpha value is -2.16. The van der Waals surface area contributed by atoms with Gasteiger partial charge in [0.05, 0.1) is 13.5 Å². The Morgan fingerprint density at radius 3 is 2.56 bits per heavy atom. The van der Waals surface area contributed by atoms with Gasteiger partial charge in [0.15, 0.2) is 5.65 Å². The summed E-state index contributed by atoms with van der Waals surface area (Å²) in [5, 5.41) is 0.785. The van der Waals surface area contributed by atoms with Gasteiger partial charge >= 0.3 is 11.7 Å². The Morgan fingerprint density at radius 1 is 1.28 bits per heavy atom. The Morgan fingerprint density at radius 2 is 1.96 bits per heavy atom. The lowest BCUT2D eigenvalue weighted by Gasteiger charge is -2.15. The van der Waals surface area contributed by atoms with Crippen molar-refractivity contribution in [2.24, 2.45) is 13.0 Å². The lowest BCUT2D eigenvalue weighted by atomic mass is 10.2. The van der Waals surface area contributed by atoms with Gasteiger partial charge in [0, 0.05) is 19.3 Å². The van der Waals surface area contributed by atoms with Gasteiger partial charge in [0.25, 0.3) is 5.56 Å². The average molecular weight is 366 g/mol. The molecule has 2 rings (SSSR count). The van der Waals surface area contributed by atoms with Crippen LogP contribution < -0.4 is 11.2 Å². The third-order valence-electron chi connectivity index (χ3n) is 3.58. The van der Waals surface area contributed by atoms with Crippen molar-refractivity contribution < 1.29 is 9.53 Å². The molecule has 0 saturated carbocycles. The maximum atomic E-state index is 12.6. The molecule has 25 heavy (non-hydrogen) atoms. The molecule has 0 aliphatic rings. The summed E-state index contributed by atoms with van der Waals surface area (Å²) < 4.78 is 7.22. The van der Waals surface area contributed by atoms with Crippen LogP contribution in [0.15, 0.2) is 14.6 Å². The normalized spacial score (nSPS) is 11.3. The zero-order valence-corrected chi connectivity index (χ0v) is 15.8. The molecular formula is C16H22N4O4S. The van der Waals surface area contributed by atoms with Crippen LogP contribution in [0.1, 0.15) is 26.1 Å². The molecule has 0 spiro atoms. The molecule has 0 saturated heterocycles. The zero-order chi connectivity index (χ0) is 18.7. The van der Waals surface area contributed by atoms with Crippen LogP contribution in [-0.4, -0.2) is 37.9 Å². The Bertz CT molecular complexity index is 917. The molecule has 2 aromatic heterocycles. The monoisotopic (exact) mass is 366 g/mol. The molecule has 2 aromatic rings. The van der Waals surface area contributed by atoms with E-state index in [0.29, 0.717) is 34.2 Å². The minimum atomic E-state index is -0.430. The molecule has 0 bridgehead atoms. The van der Waals surface area contributed by atoms with Gasteiger partial charge in [-0.2, -0.15) is 0 Å². The first-order valence-corrected chi connectivity index (χ1v) is 8.92. The predicted octanol–water partition coefficient (Wildman–Crippen LogP) is 1.11. The van der Waals surface area contributed by atoms with Crippen molar-refractivity contribution in [2.75, 3.05) is 12.9 Å². The lowest BCUT2D eigenvalue weighted by molar-refractivity contribution is -0.140. The van der Waals surface area contributed by atoms with Crippen LogP contribution in [-0.2, 0) is 23.1 Å². The van der Waals surface area contributed by atoms with Gasteiger partial charge in [-0.3, -0.25) is 18.7 Å². The fraction of sp³-hybridized carbons (Fsp3) is 0.562. The van der Waals surface area contributed by atoms with E-state index in [1.807, 2.05) is 13.8 Å². The van der Waals surface area contributed by atoms with E-state index in [2.05, 4.69) is 14.7 Å². The molecule has 0 radical (unpaired) electrons. The second-order valence-electron chi connectivity index (χ2n) is 6.10. The van der Waals surface area contributed by atoms with Crippen LogP contribution >= 0.6 is 11.8 Å². The van der Waals surface area contributed by atoms with E-state index in [9.17, 15) is 14.4 Å². The fourth-order valence-electron chi connectivity index (χ4n) is 2.41. The second kappa shape index (κ2) is 7.81. The maximum absolute atomic E-state index is 12.6. The molecular weight excluding hydrogens is 344 g/mol. The number of methoxy groups -OCH3 is 1. The van der Waals surface area contributed by atoms with Gasteiger partial charge in [-0.05, 0) is 12.8 Å². The molecule has 0 unspecified atom stereocenters. The number of ether oxygens (including phenoxy) is 1. The van der Waals surface area contributed by atoms with Crippen molar-refractivity contribution in [3.8, 4) is 0 Å². The molecule has 0 aromatic carbocycles. The number of carbonyl (C=O) groups is 1. The molecule has 0 atom stereocenters. The summed E-state index contributed by atoms with van der Waals surface area (Å²) in [5.74, 6) is 0.777. The molecule has 9 heteroatoms. The first kappa shape index (κ1) is 19.2. The van der Waals surface area contributed by atoms with E-state index >= 15 is 0 Å². The van der Waals surface area contributed by atoms with Crippen molar-refractivity contribution in [2.45, 2.75) is 38.8 Å². The van der Waals surface area contributed by atoms with Crippen molar-refractivity contribution in [3.05, 3.63) is 26.7 Å². The average Bonchev–Trinajstić information content (AvgIpc) is 2.55. The standard InChI is InChI=1S/C16H22N4O4S/c1-9(2)8-20-13-12(15(22)19(4)16(20)23)14(18-10(3)17-13)25-7-6-11(21)24-5/h9H,6-8H2,1-5H3. The van der Waals surface area contributed by atoms with E-state index in [0.717, 1.165) is 4.57 Å². The maximum Gasteiger partial charge on any atom is 0.332 e. The topological polar surface area (TPSA) is 96.1 Å². The number of nitrogens with zero attached hydrogens (tertiary/aromatic N) is 4. The van der Waals surface area contributed by atoms with Gasteiger partial charge < -0.3 is 4.74 Å². The van der Waals surface area contributed by atoms with Crippen LogP contribution in [0.2, 0.25) is 0 Å². The summed E-state index contributed by atoms with van der Waals surface area (Å²) in [5.41, 5.74) is -0.481. The first-order valence-electron chi connectivity index (χ1n) is 7.94. The van der Waals surface area contributed by atoms with Gasteiger partial charge in [0.2, 0.25) is 0 Å². The van der Waals surface area contributed by atoms with E-state index in [1.165, 1.54) is 30.5 Å². The van der Waals surface area contributed by atoms with Gasteiger partial charge in [-0.25, -0.2) is 14.8 Å². The predicted molar refractivity (Wildman–Crippen MR) is 96.0 cm³/mol. The minimum Gasteiger partial charge on any atom is -0.469 e. The Kier molecular flexibility index (Phi) is 5.99. The highest BCUT2D eigenvalue weighted by molar-refractivity contribution is 7.99. The van der Waals surface area contributed by atoms with Crippen molar-refractivity contribution >= 4 is 28.8 Å². The lowest BCUT2D eigenvalue weighted by Crippen LogP contribution is -2.39. The van der Waals surface area contributed by atoms with E-state index in [1.54, 1.807) is 6.92 Å². The Labute approximate surface area is 149 Å². The summed E-state index contributed by atoms with van der Waals surface area (Å²) in [7, 11) is 2.78. The van der Waals surface area contributed by atoms with Crippen LogP contribution in [0.5, 0.6) is 0 Å². The summed E-state index contributed by atoms with van der Waals surface area (Å²) in [6.07, 6.45) is 0.206. The SMILES string of the molecule is COC(=O)CCSc1nc(C)nc2c1c(=O)n(C)c(=O)n2CC(C)C. The number of fused-ring (bicyclic) bond motifs is 1. The highest BCUT2D eigenvalue weighted by Crippen LogP contribution is 2.23. The van der Waals surface area contributed by atoms with E-state index < -0.39 is 11.2 Å². The second-order valence-corrected chi connectivity index (χ2v) is 7.18. The van der Waals surface area contributed by atoms with Crippen molar-refractivity contribution in [1.82, 2.24) is 19.1 Å². The molecule has 0 fully saturated rings. The zero-order valence-electron chi connectivity index (χ0n) is 15.0. The molecule has 0 aliphatic carbocycles. The third kappa shape index (κ3) is 4.09. The number of hydrogen-bond donors (Lipinski definition) is 0. The number of carbonyl (C=O) groups excluding carboxylic acids is 1. The smallest absolute Gasteiger partial charge is 0.332 e. The number of hydrogen-bond acceptors (Lipinski definition) is 7. The first-order chi connectivity index (χ1) is 11.8. The quantitative estimate of drug-likeness (QED) is 0.429. The highest BCUT2D eigenvalue weighted by Gasteiger charge is 2.18. The van der Waals surface area contributed by atoms with Crippen molar-refractivity contribution in [1.29, 1.82) is 0 Å². The van der Waals surface area contributed by atoms with Gasteiger partial charge in [-0.1, -0.05) is 13.8 Å². The van der Waals surface area contributed by atoms with Gasteiger partial charge in [0.1, 0.15) is 16.2 Å². The minimum absolute atomic E-state index is 0.206.